The van der Waals surface area contributed by atoms with E-state index in [4.69, 9.17) is 28.4 Å². The van der Waals surface area contributed by atoms with Crippen molar-refractivity contribution in [2.45, 2.75) is 83.5 Å². The summed E-state index contributed by atoms with van der Waals surface area (Å²) in [6.45, 7) is 8.47. The minimum Gasteiger partial charge on any atom is -0.392 e. The van der Waals surface area contributed by atoms with Crippen molar-refractivity contribution >= 4 is 0 Å². The van der Waals surface area contributed by atoms with Crippen molar-refractivity contribution in [2.24, 2.45) is 23.7 Å². The lowest BCUT2D eigenvalue weighted by molar-refractivity contribution is -0.295. The van der Waals surface area contributed by atoms with Gasteiger partial charge in [0.1, 0.15) is 24.4 Å². The summed E-state index contributed by atoms with van der Waals surface area (Å²) in [7, 11) is 8.27. The molecule has 0 aromatic rings. The molecule has 2 fully saturated rings. The maximum absolute atomic E-state index is 10.9. The van der Waals surface area contributed by atoms with Crippen LogP contribution in [0, 0.1) is 23.7 Å². The summed E-state index contributed by atoms with van der Waals surface area (Å²) in [6, 6.07) is 0. The molecule has 7 heteroatoms. The van der Waals surface area contributed by atoms with E-state index < -0.39 is 6.29 Å². The van der Waals surface area contributed by atoms with Crippen molar-refractivity contribution in [3.63, 3.8) is 0 Å². The van der Waals surface area contributed by atoms with E-state index in [2.05, 4.69) is 26.8 Å². The molecule has 1 aliphatic carbocycles. The van der Waals surface area contributed by atoms with Gasteiger partial charge in [-0.15, -0.1) is 0 Å². The molecule has 1 aliphatic heterocycles. The standard InChI is InChI=1S/C26H46O7/c1-10-20(28-5)17(4)18-14-19(18)21(27)15(2)12-11-13-16(3)22-23(29-6)24(30-7)25(31-8)26(32-9)33-22/h11-13,15,17-27H,10,14H2,1-9H3/b12-11+,16-13+/t15-,17-,18-,19+,20-,21+,22+,23+,24-,25+,26+/m0/s1. The number of hydrogen-bond donors (Lipinski definition) is 1. The molecular formula is C26H46O7. The molecule has 0 bridgehead atoms. The van der Waals surface area contributed by atoms with Gasteiger partial charge in [-0.05, 0) is 43.1 Å². The average molecular weight is 471 g/mol. The molecule has 33 heavy (non-hydrogen) atoms. The van der Waals surface area contributed by atoms with Crippen LogP contribution in [-0.4, -0.2) is 83.6 Å². The zero-order chi connectivity index (χ0) is 24.7. The zero-order valence-electron chi connectivity index (χ0n) is 21.9. The summed E-state index contributed by atoms with van der Waals surface area (Å²) >= 11 is 0. The largest absolute Gasteiger partial charge is 0.392 e. The molecular weight excluding hydrogens is 424 g/mol. The van der Waals surface area contributed by atoms with E-state index in [0.29, 0.717) is 17.8 Å². The van der Waals surface area contributed by atoms with Crippen LogP contribution in [0.4, 0.5) is 0 Å². The molecule has 1 N–H and O–H groups in total. The molecule has 0 radical (unpaired) electrons. The van der Waals surface area contributed by atoms with Gasteiger partial charge in [-0.25, -0.2) is 0 Å². The van der Waals surface area contributed by atoms with Crippen LogP contribution < -0.4 is 0 Å². The second kappa shape index (κ2) is 13.3. The van der Waals surface area contributed by atoms with E-state index in [-0.39, 0.29) is 42.5 Å². The van der Waals surface area contributed by atoms with Gasteiger partial charge in [0.05, 0.1) is 12.2 Å². The highest BCUT2D eigenvalue weighted by molar-refractivity contribution is 5.19. The first-order chi connectivity index (χ1) is 15.8. The number of aliphatic hydroxyl groups is 1. The quantitative estimate of drug-likeness (QED) is 0.412. The molecule has 1 saturated carbocycles. The fourth-order valence-corrected chi connectivity index (χ4v) is 5.38. The summed E-state index contributed by atoms with van der Waals surface area (Å²) < 4.78 is 34.2. The number of allylic oxidation sites excluding steroid dienone is 2. The predicted molar refractivity (Wildman–Crippen MR) is 128 cm³/mol. The van der Waals surface area contributed by atoms with Gasteiger partial charge < -0.3 is 33.5 Å². The number of aliphatic hydroxyl groups excluding tert-OH is 1. The molecule has 11 atom stereocenters. The minimum absolute atomic E-state index is 0.0562. The normalized spacial score (nSPS) is 36.5. The lowest BCUT2D eigenvalue weighted by Crippen LogP contribution is -2.60. The molecule has 0 aromatic carbocycles. The van der Waals surface area contributed by atoms with E-state index in [1.54, 1.807) is 35.5 Å². The first-order valence-corrected chi connectivity index (χ1v) is 12.1. The number of methoxy groups -OCH3 is 5. The van der Waals surface area contributed by atoms with Gasteiger partial charge in [0.25, 0.3) is 0 Å². The first kappa shape index (κ1) is 28.4. The Morgan fingerprint density at radius 1 is 0.970 bits per heavy atom. The fourth-order valence-electron chi connectivity index (χ4n) is 5.38. The van der Waals surface area contributed by atoms with Gasteiger partial charge in [-0.3, -0.25) is 0 Å². The summed E-state index contributed by atoms with van der Waals surface area (Å²) in [6.07, 6.45) is 6.10. The van der Waals surface area contributed by atoms with Gasteiger partial charge in [-0.1, -0.05) is 39.0 Å². The third-order valence-electron chi connectivity index (χ3n) is 7.60. The summed E-state index contributed by atoms with van der Waals surface area (Å²) in [5, 5.41) is 10.9. The van der Waals surface area contributed by atoms with E-state index in [9.17, 15) is 5.11 Å². The highest BCUT2D eigenvalue weighted by Gasteiger charge is 2.49. The van der Waals surface area contributed by atoms with Gasteiger partial charge in [0.2, 0.25) is 0 Å². The fraction of sp³-hybridized carbons (Fsp3) is 0.846. The van der Waals surface area contributed by atoms with Crippen LogP contribution in [0.2, 0.25) is 0 Å². The van der Waals surface area contributed by atoms with Crippen molar-refractivity contribution in [1.82, 2.24) is 0 Å². The van der Waals surface area contributed by atoms with Crippen LogP contribution in [-0.2, 0) is 28.4 Å². The topological polar surface area (TPSA) is 75.6 Å². The molecule has 7 nitrogen and oxygen atoms in total. The lowest BCUT2D eigenvalue weighted by Gasteiger charge is -2.44. The molecule has 1 heterocycles. The third kappa shape index (κ3) is 6.66. The molecule has 2 rings (SSSR count). The van der Waals surface area contributed by atoms with Crippen LogP contribution >= 0.6 is 0 Å². The summed E-state index contributed by atoms with van der Waals surface area (Å²) in [5.74, 6) is 1.39. The van der Waals surface area contributed by atoms with E-state index in [1.807, 2.05) is 19.1 Å². The van der Waals surface area contributed by atoms with E-state index >= 15 is 0 Å². The zero-order valence-corrected chi connectivity index (χ0v) is 21.9. The first-order valence-electron chi connectivity index (χ1n) is 12.1. The molecule has 0 spiro atoms. The minimum atomic E-state index is -0.558. The number of rotatable bonds is 13. The second-order valence-corrected chi connectivity index (χ2v) is 9.51. The Bertz CT molecular complexity index is 632. The lowest BCUT2D eigenvalue weighted by atomic mass is 9.91. The van der Waals surface area contributed by atoms with Crippen LogP contribution in [0.5, 0.6) is 0 Å². The van der Waals surface area contributed by atoms with Gasteiger partial charge in [0.15, 0.2) is 6.29 Å². The Balaban J connectivity index is 2.02. The van der Waals surface area contributed by atoms with Crippen LogP contribution in [0.15, 0.2) is 23.8 Å². The SMILES string of the molecule is CC[C@H](OC)[C@@H](C)[C@@H]1C[C@H]1[C@H](O)[C@@H](C)/C=C/C=C(\C)[C@H]1O[C@@H](OC)[C@H](OC)[C@@H](OC)[C@@H]1OC. The molecule has 192 valence electrons. The molecule has 0 unspecified atom stereocenters. The number of hydrogen-bond acceptors (Lipinski definition) is 7. The van der Waals surface area contributed by atoms with Crippen molar-refractivity contribution in [2.75, 3.05) is 35.5 Å². The highest BCUT2D eigenvalue weighted by atomic mass is 16.7. The summed E-state index contributed by atoms with van der Waals surface area (Å²) in [4.78, 5) is 0. The van der Waals surface area contributed by atoms with Crippen LogP contribution in [0.3, 0.4) is 0 Å². The Labute approximate surface area is 200 Å². The van der Waals surface area contributed by atoms with E-state index in [1.165, 1.54) is 0 Å². The smallest absolute Gasteiger partial charge is 0.186 e. The van der Waals surface area contributed by atoms with Gasteiger partial charge in [0, 0.05) is 41.5 Å². The van der Waals surface area contributed by atoms with Gasteiger partial charge in [-0.2, -0.15) is 0 Å². The van der Waals surface area contributed by atoms with Crippen LogP contribution in [0.25, 0.3) is 0 Å². The Morgan fingerprint density at radius 3 is 2.12 bits per heavy atom. The molecule has 0 amide bonds. The Kier molecular flexibility index (Phi) is 11.5. The summed E-state index contributed by atoms with van der Waals surface area (Å²) in [5.41, 5.74) is 0.988. The monoisotopic (exact) mass is 470 g/mol. The third-order valence-corrected chi connectivity index (χ3v) is 7.60. The van der Waals surface area contributed by atoms with Crippen molar-refractivity contribution in [1.29, 1.82) is 0 Å². The number of ether oxygens (including phenoxy) is 6. The molecule has 1 saturated heterocycles. The van der Waals surface area contributed by atoms with Crippen molar-refractivity contribution in [3.8, 4) is 0 Å². The van der Waals surface area contributed by atoms with E-state index in [0.717, 1.165) is 18.4 Å². The predicted octanol–water partition coefficient (Wildman–Crippen LogP) is 3.60. The Morgan fingerprint density at radius 2 is 1.61 bits per heavy atom. The second-order valence-electron chi connectivity index (χ2n) is 9.51. The van der Waals surface area contributed by atoms with Crippen LogP contribution in [0.1, 0.15) is 40.5 Å². The average Bonchev–Trinajstić information content (AvgIpc) is 3.63. The maximum atomic E-state index is 10.9. The maximum Gasteiger partial charge on any atom is 0.186 e. The van der Waals surface area contributed by atoms with Crippen molar-refractivity contribution < 1.29 is 33.5 Å². The molecule has 2 aliphatic rings. The van der Waals surface area contributed by atoms with Crippen molar-refractivity contribution in [3.05, 3.63) is 23.8 Å². The Hall–Kier alpha value is -0.800. The van der Waals surface area contributed by atoms with Gasteiger partial charge >= 0.3 is 0 Å². The molecule has 0 aromatic heterocycles. The highest BCUT2D eigenvalue weighted by Crippen LogP contribution is 2.49.